The third kappa shape index (κ3) is 5.80. The van der Waals surface area contributed by atoms with Crippen molar-refractivity contribution in [1.82, 2.24) is 5.32 Å². The number of allylic oxidation sites excluding steroid dienone is 1. The Balaban J connectivity index is 1.27. The van der Waals surface area contributed by atoms with Gasteiger partial charge in [0.2, 0.25) is 0 Å². The van der Waals surface area contributed by atoms with Crippen LogP contribution in [0, 0.1) is 56.2 Å². The van der Waals surface area contributed by atoms with Crippen LogP contribution in [0.25, 0.3) is 0 Å². The highest BCUT2D eigenvalue weighted by molar-refractivity contribution is 6.01. The molecule has 1 amide bonds. The number of aliphatic hydroxyl groups excluding tert-OH is 1. The zero-order chi connectivity index (χ0) is 38.2. The van der Waals surface area contributed by atoms with Gasteiger partial charge < -0.3 is 20.3 Å². The molecule has 2 unspecified atom stereocenters. The summed E-state index contributed by atoms with van der Waals surface area (Å²) in [5.41, 5.74) is 0.508. The summed E-state index contributed by atoms with van der Waals surface area (Å²) in [7, 11) is 0. The lowest BCUT2D eigenvalue weighted by Crippen LogP contribution is -2.66. The Hall–Kier alpha value is -3.00. The fourth-order valence-electron chi connectivity index (χ4n) is 13.0. The van der Waals surface area contributed by atoms with Crippen molar-refractivity contribution in [3.05, 3.63) is 47.0 Å². The number of ether oxygens (including phenoxy) is 1. The van der Waals surface area contributed by atoms with Gasteiger partial charge in [0.25, 0.3) is 5.91 Å². The van der Waals surface area contributed by atoms with Crippen molar-refractivity contribution in [2.75, 3.05) is 6.54 Å². The molecule has 0 heterocycles. The van der Waals surface area contributed by atoms with E-state index in [9.17, 15) is 29.4 Å². The summed E-state index contributed by atoms with van der Waals surface area (Å²) < 4.78 is 6.15. The number of hydrogen-bond acceptors (Lipinski definition) is 6. The van der Waals surface area contributed by atoms with E-state index in [4.69, 9.17) is 4.74 Å². The van der Waals surface area contributed by atoms with Crippen LogP contribution >= 0.6 is 0 Å². The number of rotatable bonds is 9. The van der Waals surface area contributed by atoms with Crippen molar-refractivity contribution in [3.8, 4) is 0 Å². The lowest BCUT2D eigenvalue weighted by atomic mass is 9.33. The van der Waals surface area contributed by atoms with Crippen LogP contribution in [0.1, 0.15) is 137 Å². The molecule has 52 heavy (non-hydrogen) atoms. The second-order valence-electron chi connectivity index (χ2n) is 19.6. The van der Waals surface area contributed by atoms with E-state index in [0.717, 1.165) is 56.9 Å². The third-order valence-corrected chi connectivity index (χ3v) is 16.0. The van der Waals surface area contributed by atoms with Crippen molar-refractivity contribution in [2.24, 2.45) is 56.2 Å². The number of hydrogen-bond donors (Lipinski definition) is 3. The van der Waals surface area contributed by atoms with Crippen molar-refractivity contribution < 1.29 is 34.1 Å². The molecule has 1 aromatic carbocycles. The zero-order valence-electron chi connectivity index (χ0n) is 33.1. The third-order valence-electron chi connectivity index (χ3n) is 16.0. The first-order chi connectivity index (χ1) is 24.2. The predicted octanol–water partition coefficient (Wildman–Crippen LogP) is 8.17. The quantitative estimate of drug-likeness (QED) is 0.220. The predicted molar refractivity (Wildman–Crippen MR) is 200 cm³/mol. The van der Waals surface area contributed by atoms with Gasteiger partial charge in [-0.1, -0.05) is 72.2 Å². The largest absolute Gasteiger partial charge is 0.481 e. The minimum atomic E-state index is -1.18. The first-order valence-electron chi connectivity index (χ1n) is 19.9. The number of esters is 1. The summed E-state index contributed by atoms with van der Waals surface area (Å²) >= 11 is 0. The second kappa shape index (κ2) is 13.1. The molecule has 4 saturated carbocycles. The Morgan fingerprint density at radius 3 is 2.21 bits per heavy atom. The number of Topliss-reactive ketones (excluding diaryl/α,β-unsaturated/α-hetero) is 1. The highest BCUT2D eigenvalue weighted by Gasteiger charge is 2.70. The molecule has 9 atom stereocenters. The molecule has 8 nitrogen and oxygen atoms in total. The number of fused-ring (bicyclic) bond motifs is 7. The molecule has 0 aliphatic heterocycles. The van der Waals surface area contributed by atoms with Crippen molar-refractivity contribution in [1.29, 1.82) is 0 Å². The fourth-order valence-corrected chi connectivity index (χ4v) is 13.0. The summed E-state index contributed by atoms with van der Waals surface area (Å²) in [5, 5.41) is 24.7. The average molecular weight is 718 g/mol. The van der Waals surface area contributed by atoms with Gasteiger partial charge in [-0.2, -0.15) is 0 Å². The summed E-state index contributed by atoms with van der Waals surface area (Å²) in [6, 6.07) is 9.07. The number of carboxylic acid groups (broad SMARTS) is 1. The number of carbonyl (C=O) groups excluding carboxylic acids is 3. The molecule has 5 aliphatic rings. The summed E-state index contributed by atoms with van der Waals surface area (Å²) in [6.45, 7) is 19.5. The number of aliphatic carboxylic acids is 1. The lowest BCUT2D eigenvalue weighted by Gasteiger charge is -2.72. The molecule has 4 fully saturated rings. The molecule has 8 heteroatoms. The standard InChI is InChI=1S/C44H63NO7/c1-26(2)35-29(46)23-44(32(47)25-45-37(49)27-13-11-10-12-14-27)22-21-42(8)28(36(35)44)15-16-31-41(7)19-18-33(52-34(48)24-39(3,4)38(50)51)40(5,6)30(41)17-20-43(31,42)9/h10-14,26,28,30-33,47H,15-25H2,1-9H3,(H,45,49)(H,50,51)/t28-,30+,31-,32?,33+,41+,42-,43-,44?/m1/s1. The lowest BCUT2D eigenvalue weighted by molar-refractivity contribution is -0.235. The van der Waals surface area contributed by atoms with E-state index in [0.29, 0.717) is 23.8 Å². The number of nitrogens with one attached hydrogen (secondary N) is 1. The summed E-state index contributed by atoms with van der Waals surface area (Å²) in [5.74, 6) is -0.477. The molecule has 0 aromatic heterocycles. The maximum atomic E-state index is 14.0. The fraction of sp³-hybridized carbons (Fsp3) is 0.727. The van der Waals surface area contributed by atoms with Crippen molar-refractivity contribution >= 4 is 23.6 Å². The first kappa shape index (κ1) is 38.7. The van der Waals surface area contributed by atoms with Crippen LogP contribution in [0.5, 0.6) is 0 Å². The topological polar surface area (TPSA) is 130 Å². The Kier molecular flexibility index (Phi) is 9.75. The molecule has 1 aromatic rings. The van der Waals surface area contributed by atoms with Crippen LogP contribution in [-0.4, -0.2) is 52.6 Å². The van der Waals surface area contributed by atoms with Gasteiger partial charge in [0, 0.05) is 29.4 Å². The van der Waals surface area contributed by atoms with E-state index in [2.05, 4.69) is 53.8 Å². The normalized spacial score (nSPS) is 37.3. The number of benzene rings is 1. The Morgan fingerprint density at radius 1 is 0.904 bits per heavy atom. The van der Waals surface area contributed by atoms with E-state index in [1.54, 1.807) is 26.0 Å². The molecule has 0 radical (unpaired) electrons. The van der Waals surface area contributed by atoms with E-state index < -0.39 is 28.9 Å². The number of amides is 1. The van der Waals surface area contributed by atoms with Gasteiger partial charge in [0.15, 0.2) is 5.78 Å². The monoisotopic (exact) mass is 717 g/mol. The van der Waals surface area contributed by atoms with Crippen LogP contribution in [0.15, 0.2) is 41.5 Å². The number of carbonyl (C=O) groups is 4. The molecule has 3 N–H and O–H groups in total. The van der Waals surface area contributed by atoms with Gasteiger partial charge in [-0.25, -0.2) is 0 Å². The molecule has 0 bridgehead atoms. The van der Waals surface area contributed by atoms with Crippen LogP contribution in [0.4, 0.5) is 0 Å². The molecule has 0 spiro atoms. The maximum Gasteiger partial charge on any atom is 0.309 e. The van der Waals surface area contributed by atoms with Crippen LogP contribution in [0.2, 0.25) is 0 Å². The molecule has 6 rings (SSSR count). The Morgan fingerprint density at radius 2 is 1.58 bits per heavy atom. The molecular weight excluding hydrogens is 654 g/mol. The summed E-state index contributed by atoms with van der Waals surface area (Å²) in [6.07, 6.45) is 6.44. The Bertz CT molecular complexity index is 1640. The van der Waals surface area contributed by atoms with E-state index >= 15 is 0 Å². The molecule has 5 aliphatic carbocycles. The van der Waals surface area contributed by atoms with E-state index in [1.807, 2.05) is 18.2 Å². The molecular formula is C44H63NO7. The first-order valence-corrected chi connectivity index (χ1v) is 19.9. The SMILES string of the molecule is CC(C)C1=C2[C@H]3CC[C@@H]4[C@@]5(C)CC[C@H](OC(=O)CC(C)(C)C(=O)O)C(C)(C)[C@@H]5CC[C@@]4(C)[C@]3(C)CCC2(C(O)CNC(=O)c2ccccc2)CC1=O. The van der Waals surface area contributed by atoms with Crippen molar-refractivity contribution in [3.63, 3.8) is 0 Å². The van der Waals surface area contributed by atoms with Crippen LogP contribution in [0.3, 0.4) is 0 Å². The average Bonchev–Trinajstić information content (AvgIpc) is 3.38. The highest BCUT2D eigenvalue weighted by Crippen LogP contribution is 2.77. The van der Waals surface area contributed by atoms with E-state index in [-0.39, 0.29) is 64.3 Å². The maximum absolute atomic E-state index is 14.0. The van der Waals surface area contributed by atoms with Gasteiger partial charge in [0.1, 0.15) is 6.10 Å². The second-order valence-corrected chi connectivity index (χ2v) is 19.6. The van der Waals surface area contributed by atoms with Crippen molar-refractivity contribution in [2.45, 2.75) is 139 Å². The Labute approximate surface area is 310 Å². The highest BCUT2D eigenvalue weighted by atomic mass is 16.5. The molecule has 286 valence electrons. The smallest absolute Gasteiger partial charge is 0.309 e. The number of ketones is 1. The number of carboxylic acids is 1. The number of aliphatic hydroxyl groups is 1. The van der Waals surface area contributed by atoms with E-state index in [1.165, 1.54) is 5.57 Å². The van der Waals surface area contributed by atoms with Gasteiger partial charge in [-0.3, -0.25) is 19.2 Å². The van der Waals surface area contributed by atoms with Gasteiger partial charge in [0.05, 0.1) is 17.9 Å². The minimum Gasteiger partial charge on any atom is -0.481 e. The van der Waals surface area contributed by atoms with Crippen LogP contribution in [-0.2, 0) is 19.1 Å². The van der Waals surface area contributed by atoms with Crippen LogP contribution < -0.4 is 5.32 Å². The zero-order valence-corrected chi connectivity index (χ0v) is 33.1. The summed E-state index contributed by atoms with van der Waals surface area (Å²) in [4.78, 5) is 51.8. The van der Waals surface area contributed by atoms with Gasteiger partial charge in [-0.15, -0.1) is 0 Å². The van der Waals surface area contributed by atoms with Gasteiger partial charge >= 0.3 is 11.9 Å². The van der Waals surface area contributed by atoms with Gasteiger partial charge in [-0.05, 0) is 123 Å². The molecule has 0 saturated heterocycles. The minimum absolute atomic E-state index is 0.00559.